The number of likely N-dealkylation sites (N-methyl/N-ethyl adjacent to an activating group) is 1. The summed E-state index contributed by atoms with van der Waals surface area (Å²) in [5.41, 5.74) is 0.504. The molecule has 0 aliphatic carbocycles. The van der Waals surface area contributed by atoms with Crippen LogP contribution < -0.4 is 25.0 Å². The van der Waals surface area contributed by atoms with Crippen LogP contribution in [0.3, 0.4) is 0 Å². The maximum atomic E-state index is 15.5. The van der Waals surface area contributed by atoms with Crippen molar-refractivity contribution in [3.63, 3.8) is 0 Å². The van der Waals surface area contributed by atoms with E-state index >= 15 is 4.39 Å². The SMILES string of the molecule is COc1cc2c(Oc3ccc(NC(=O)c4nn(-c5ccc(Cl)cc5Cl)c5ccccc5c4=O)cc3F)ccnc2cc1OCCCN1CCN(C)CC1. The minimum atomic E-state index is -0.836. The van der Waals surface area contributed by atoms with E-state index in [1.54, 1.807) is 67.9 Å². The summed E-state index contributed by atoms with van der Waals surface area (Å²) >= 11 is 12.6. The molecule has 0 atom stereocenters. The van der Waals surface area contributed by atoms with Crippen molar-refractivity contribution in [2.24, 2.45) is 0 Å². The Hall–Kier alpha value is -5.27. The lowest BCUT2D eigenvalue weighted by Gasteiger charge is -2.32. The van der Waals surface area contributed by atoms with Gasteiger partial charge >= 0.3 is 0 Å². The third-order valence-corrected chi connectivity index (χ3v) is 9.55. The Morgan fingerprint density at radius 1 is 0.906 bits per heavy atom. The van der Waals surface area contributed by atoms with Gasteiger partial charge in [-0.05, 0) is 68.1 Å². The number of hydrogen-bond acceptors (Lipinski definition) is 9. The summed E-state index contributed by atoms with van der Waals surface area (Å²) < 4.78 is 34.7. The van der Waals surface area contributed by atoms with Gasteiger partial charge in [-0.15, -0.1) is 0 Å². The van der Waals surface area contributed by atoms with Gasteiger partial charge in [-0.3, -0.25) is 14.6 Å². The van der Waals surface area contributed by atoms with Crippen molar-refractivity contribution in [1.29, 1.82) is 0 Å². The van der Waals surface area contributed by atoms with E-state index in [-0.39, 0.29) is 21.8 Å². The maximum Gasteiger partial charge on any atom is 0.280 e. The Morgan fingerprint density at radius 2 is 1.72 bits per heavy atom. The van der Waals surface area contributed by atoms with E-state index in [0.717, 1.165) is 45.2 Å². The largest absolute Gasteiger partial charge is 0.493 e. The summed E-state index contributed by atoms with van der Waals surface area (Å²) in [6.07, 6.45) is 2.43. The molecule has 1 aliphatic heterocycles. The van der Waals surface area contributed by atoms with Gasteiger partial charge in [-0.2, -0.15) is 5.10 Å². The Bertz CT molecular complexity index is 2380. The van der Waals surface area contributed by atoms with Gasteiger partial charge in [-0.25, -0.2) is 9.07 Å². The highest BCUT2D eigenvalue weighted by Crippen LogP contribution is 2.38. The summed E-state index contributed by atoms with van der Waals surface area (Å²) in [6, 6.07) is 20.6. The molecule has 0 saturated carbocycles. The Morgan fingerprint density at radius 3 is 2.49 bits per heavy atom. The molecular weight excluding hydrogens is 722 g/mol. The summed E-state index contributed by atoms with van der Waals surface area (Å²) in [4.78, 5) is 36.1. The number of piperazine rings is 1. The number of ether oxygens (including phenoxy) is 3. The van der Waals surface area contributed by atoms with Crippen LogP contribution in [0.25, 0.3) is 27.5 Å². The van der Waals surface area contributed by atoms with Gasteiger partial charge in [0.2, 0.25) is 5.43 Å². The van der Waals surface area contributed by atoms with Crippen LogP contribution in [-0.4, -0.2) is 84.0 Å². The van der Waals surface area contributed by atoms with Crippen molar-refractivity contribution in [2.75, 3.05) is 58.8 Å². The number of nitrogens with zero attached hydrogens (tertiary/aromatic N) is 5. The number of methoxy groups -OCH3 is 1. The number of anilines is 1. The molecular formula is C39H35Cl2FN6O5. The van der Waals surface area contributed by atoms with Crippen LogP contribution in [0.2, 0.25) is 10.0 Å². The predicted octanol–water partition coefficient (Wildman–Crippen LogP) is 7.45. The van der Waals surface area contributed by atoms with Gasteiger partial charge in [0, 0.05) is 67.1 Å². The molecule has 1 aliphatic rings. The van der Waals surface area contributed by atoms with E-state index in [0.29, 0.717) is 51.0 Å². The number of fused-ring (bicyclic) bond motifs is 2. The first kappa shape index (κ1) is 36.1. The molecule has 11 nitrogen and oxygen atoms in total. The van der Waals surface area contributed by atoms with E-state index in [9.17, 15) is 9.59 Å². The summed E-state index contributed by atoms with van der Waals surface area (Å²) in [6.45, 7) is 5.70. The van der Waals surface area contributed by atoms with Crippen LogP contribution in [0.1, 0.15) is 16.9 Å². The fourth-order valence-electron chi connectivity index (χ4n) is 6.16. The van der Waals surface area contributed by atoms with Crippen LogP contribution in [0, 0.1) is 5.82 Å². The van der Waals surface area contributed by atoms with Gasteiger partial charge in [-0.1, -0.05) is 35.3 Å². The summed E-state index contributed by atoms with van der Waals surface area (Å²) in [7, 11) is 3.69. The number of carbonyl (C=O) groups excluding carboxylic acids is 1. The second-order valence-electron chi connectivity index (χ2n) is 12.6. The number of benzene rings is 4. The molecule has 1 N–H and O–H groups in total. The second kappa shape index (κ2) is 15.8. The number of hydrogen-bond donors (Lipinski definition) is 1. The number of halogens is 3. The first-order valence-corrected chi connectivity index (χ1v) is 17.7. The molecule has 1 saturated heterocycles. The van der Waals surface area contributed by atoms with Crippen LogP contribution in [0.4, 0.5) is 10.1 Å². The molecule has 0 unspecified atom stereocenters. The lowest BCUT2D eigenvalue weighted by atomic mass is 10.1. The quantitative estimate of drug-likeness (QED) is 0.135. The third kappa shape index (κ3) is 7.91. The zero-order valence-corrected chi connectivity index (χ0v) is 30.5. The molecule has 3 heterocycles. The first-order chi connectivity index (χ1) is 25.7. The van der Waals surface area contributed by atoms with Crippen molar-refractivity contribution >= 4 is 56.6 Å². The smallest absolute Gasteiger partial charge is 0.280 e. The van der Waals surface area contributed by atoms with E-state index in [1.807, 2.05) is 0 Å². The molecule has 1 amide bonds. The Balaban J connectivity index is 1.08. The molecule has 2 aromatic heterocycles. The fourth-order valence-corrected chi connectivity index (χ4v) is 6.65. The Kier molecular flexibility index (Phi) is 10.7. The van der Waals surface area contributed by atoms with Gasteiger partial charge in [0.1, 0.15) is 5.75 Å². The average Bonchev–Trinajstić information content (AvgIpc) is 3.15. The van der Waals surface area contributed by atoms with E-state index in [4.69, 9.17) is 37.4 Å². The van der Waals surface area contributed by atoms with Crippen LogP contribution in [0.5, 0.6) is 23.0 Å². The van der Waals surface area contributed by atoms with E-state index in [1.165, 1.54) is 22.9 Å². The lowest BCUT2D eigenvalue weighted by Crippen LogP contribution is -2.44. The monoisotopic (exact) mass is 756 g/mol. The number of para-hydroxylation sites is 1. The summed E-state index contributed by atoms with van der Waals surface area (Å²) in [5, 5.41) is 8.46. The van der Waals surface area contributed by atoms with E-state index in [2.05, 4.69) is 32.2 Å². The van der Waals surface area contributed by atoms with Crippen molar-refractivity contribution in [2.45, 2.75) is 6.42 Å². The molecule has 0 radical (unpaired) electrons. The third-order valence-electron chi connectivity index (χ3n) is 9.01. The van der Waals surface area contributed by atoms with Crippen LogP contribution in [-0.2, 0) is 0 Å². The number of amides is 1. The molecule has 4 aromatic carbocycles. The standard InChI is InChI=1S/C39H35Cl2FN6O5/c1-46-15-17-47(18-16-46)14-5-19-52-36-23-30-27(22-35(36)51-2)33(12-13-43-30)53-34-11-9-25(21-29(34)42)44-39(50)37-38(49)26-6-3-4-7-31(26)48(45-37)32-10-8-24(40)20-28(32)41/h3-4,6-13,20-23H,5,14-19H2,1-2H3,(H,44,50). The fraction of sp³-hybridized carbons (Fsp3) is 0.231. The number of nitrogens with one attached hydrogen (secondary N) is 1. The minimum Gasteiger partial charge on any atom is -0.493 e. The molecule has 1 fully saturated rings. The normalized spacial score (nSPS) is 13.7. The van der Waals surface area contributed by atoms with Crippen molar-refractivity contribution in [1.82, 2.24) is 24.6 Å². The molecule has 0 bridgehead atoms. The molecule has 0 spiro atoms. The van der Waals surface area contributed by atoms with Gasteiger partial charge in [0.15, 0.2) is 28.8 Å². The zero-order valence-electron chi connectivity index (χ0n) is 28.9. The number of pyridine rings is 1. The first-order valence-electron chi connectivity index (χ1n) is 16.9. The highest BCUT2D eigenvalue weighted by atomic mass is 35.5. The molecule has 14 heteroatoms. The maximum absolute atomic E-state index is 15.5. The Labute approximate surface area is 314 Å². The van der Waals surface area contributed by atoms with E-state index < -0.39 is 22.8 Å². The van der Waals surface area contributed by atoms with Gasteiger partial charge in [0.25, 0.3) is 5.91 Å². The highest BCUT2D eigenvalue weighted by Gasteiger charge is 2.21. The lowest BCUT2D eigenvalue weighted by molar-refractivity contribution is 0.102. The summed E-state index contributed by atoms with van der Waals surface area (Å²) in [5.74, 6) is -0.296. The average molecular weight is 758 g/mol. The highest BCUT2D eigenvalue weighted by molar-refractivity contribution is 6.35. The predicted molar refractivity (Wildman–Crippen MR) is 204 cm³/mol. The van der Waals surface area contributed by atoms with Crippen molar-refractivity contribution < 1.29 is 23.4 Å². The molecule has 272 valence electrons. The van der Waals surface area contributed by atoms with Crippen LogP contribution >= 0.6 is 23.2 Å². The number of carbonyl (C=O) groups is 1. The minimum absolute atomic E-state index is 0.0842. The van der Waals surface area contributed by atoms with Crippen molar-refractivity contribution in [3.05, 3.63) is 117 Å². The van der Waals surface area contributed by atoms with Crippen LogP contribution in [0.15, 0.2) is 89.9 Å². The number of rotatable bonds is 11. The van der Waals surface area contributed by atoms with Crippen molar-refractivity contribution in [3.8, 4) is 28.7 Å². The number of aromatic nitrogens is 3. The molecule has 53 heavy (non-hydrogen) atoms. The molecule has 6 aromatic rings. The zero-order chi connectivity index (χ0) is 37.1. The second-order valence-corrected chi connectivity index (χ2v) is 13.4. The molecule has 7 rings (SSSR count). The van der Waals surface area contributed by atoms with Gasteiger partial charge < -0.3 is 29.3 Å². The topological polar surface area (TPSA) is 111 Å². The van der Waals surface area contributed by atoms with Gasteiger partial charge in [0.05, 0.1) is 40.8 Å².